The highest BCUT2D eigenvalue weighted by atomic mass is 19.1. The minimum Gasteiger partial charge on any atom is -0.371 e. The van der Waals surface area contributed by atoms with Gasteiger partial charge >= 0.3 is 0 Å². The van der Waals surface area contributed by atoms with E-state index < -0.39 is 23.3 Å². The maximum absolute atomic E-state index is 16.1. The number of carbonyl (C=O) groups is 1. The number of hydrogen-bond acceptors (Lipinski definition) is 3. The summed E-state index contributed by atoms with van der Waals surface area (Å²) in [7, 11) is 0. The number of nitrogens with zero attached hydrogens (tertiary/aromatic N) is 2. The van der Waals surface area contributed by atoms with Crippen LogP contribution in [-0.4, -0.2) is 42.5 Å². The average Bonchev–Trinajstić information content (AvgIpc) is 3.17. The fourth-order valence-electron chi connectivity index (χ4n) is 7.26. The highest BCUT2D eigenvalue weighted by Crippen LogP contribution is 2.44. The molecule has 2 atom stereocenters. The number of halogens is 3. The van der Waals surface area contributed by atoms with Crippen molar-refractivity contribution < 1.29 is 18.0 Å². The highest BCUT2D eigenvalue weighted by Gasteiger charge is 2.39. The van der Waals surface area contributed by atoms with E-state index in [1.54, 1.807) is 6.92 Å². The lowest BCUT2D eigenvalue weighted by atomic mass is 9.73. The van der Waals surface area contributed by atoms with Gasteiger partial charge in [0.2, 0.25) is 0 Å². The van der Waals surface area contributed by atoms with Crippen LogP contribution in [0.25, 0.3) is 0 Å². The summed E-state index contributed by atoms with van der Waals surface area (Å²) in [5.41, 5.74) is 2.60. The molecule has 250 valence electrons. The minimum atomic E-state index is -1.49. The van der Waals surface area contributed by atoms with E-state index in [-0.39, 0.29) is 18.2 Å². The maximum atomic E-state index is 16.1. The third-order valence-electron chi connectivity index (χ3n) is 9.04. The molecule has 0 aliphatic carbocycles. The Morgan fingerprint density at radius 1 is 1.04 bits per heavy atom. The quantitative estimate of drug-likeness (QED) is 0.204. The lowest BCUT2D eigenvalue weighted by Gasteiger charge is -2.44. The van der Waals surface area contributed by atoms with Gasteiger partial charge < -0.3 is 9.69 Å². The second-order valence-electron chi connectivity index (χ2n) is 13.6. The Labute approximate surface area is 272 Å². The van der Waals surface area contributed by atoms with Crippen molar-refractivity contribution in [3.05, 3.63) is 64.2 Å². The minimum absolute atomic E-state index is 0.0378. The number of carbonyl (C=O) groups excluding carboxylic acids is 1. The van der Waals surface area contributed by atoms with E-state index in [9.17, 15) is 9.18 Å². The molecule has 0 saturated carbocycles. The summed E-state index contributed by atoms with van der Waals surface area (Å²) in [6.45, 7) is 16.9. The fraction of sp³-hybridized carbons (Fsp3) is 0.615. The van der Waals surface area contributed by atoms with Gasteiger partial charge in [0.25, 0.3) is 0 Å². The second-order valence-corrected chi connectivity index (χ2v) is 13.6. The lowest BCUT2D eigenvalue weighted by Crippen LogP contribution is -2.48. The van der Waals surface area contributed by atoms with E-state index in [1.165, 1.54) is 58.1 Å². The summed E-state index contributed by atoms with van der Waals surface area (Å²) < 4.78 is 47.1. The van der Waals surface area contributed by atoms with Gasteiger partial charge in [-0.05, 0) is 102 Å². The lowest BCUT2D eigenvalue weighted by molar-refractivity contribution is -0.107. The summed E-state index contributed by atoms with van der Waals surface area (Å²) in [4.78, 5) is 13.3. The Morgan fingerprint density at radius 3 is 2.13 bits per heavy atom. The molecule has 4 rings (SSSR count). The third kappa shape index (κ3) is 10.6. The molecule has 0 N–H and O–H groups in total. The van der Waals surface area contributed by atoms with Gasteiger partial charge in [-0.2, -0.15) is 0 Å². The maximum Gasteiger partial charge on any atom is 0.133 e. The fourth-order valence-corrected chi connectivity index (χ4v) is 7.26. The van der Waals surface area contributed by atoms with Crippen LogP contribution < -0.4 is 4.90 Å². The normalized spacial score (nSPS) is 19.6. The zero-order valence-electron chi connectivity index (χ0n) is 29.1. The van der Waals surface area contributed by atoms with Crippen molar-refractivity contribution in [2.45, 2.75) is 131 Å². The molecule has 0 aromatic heterocycles. The first-order valence-corrected chi connectivity index (χ1v) is 16.9. The van der Waals surface area contributed by atoms with Gasteiger partial charge in [-0.15, -0.1) is 12.3 Å². The molecule has 2 aromatic carbocycles. The number of rotatable bonds is 9. The van der Waals surface area contributed by atoms with E-state index in [2.05, 4.69) is 37.2 Å². The van der Waals surface area contributed by atoms with Crippen LogP contribution in [0.1, 0.15) is 128 Å². The molecule has 0 radical (unpaired) electrons. The Bertz CT molecular complexity index is 1230. The average molecular weight is 627 g/mol. The first-order chi connectivity index (χ1) is 21.3. The van der Waals surface area contributed by atoms with Gasteiger partial charge in [-0.3, -0.25) is 4.90 Å². The first kappa shape index (κ1) is 38.4. The van der Waals surface area contributed by atoms with E-state index >= 15 is 8.78 Å². The molecule has 2 aliphatic heterocycles. The van der Waals surface area contributed by atoms with E-state index in [1.807, 2.05) is 37.8 Å². The van der Waals surface area contributed by atoms with Crippen LogP contribution in [0.4, 0.5) is 18.9 Å². The van der Waals surface area contributed by atoms with Crippen molar-refractivity contribution >= 4 is 12.0 Å². The smallest absolute Gasteiger partial charge is 0.133 e. The second kappa shape index (κ2) is 17.8. The van der Waals surface area contributed by atoms with Crippen molar-refractivity contribution in [2.24, 2.45) is 5.41 Å². The van der Waals surface area contributed by atoms with Gasteiger partial charge in [0.1, 0.15) is 23.6 Å². The van der Waals surface area contributed by atoms with Crippen LogP contribution in [0.5, 0.6) is 0 Å². The molecule has 0 amide bonds. The van der Waals surface area contributed by atoms with E-state index in [0.717, 1.165) is 55.3 Å². The van der Waals surface area contributed by atoms with Crippen molar-refractivity contribution in [1.82, 2.24) is 4.90 Å². The van der Waals surface area contributed by atoms with Crippen LogP contribution in [0.2, 0.25) is 0 Å². The Kier molecular flexibility index (Phi) is 15.2. The molecule has 2 aromatic rings. The number of aldehydes is 1. The Morgan fingerprint density at radius 2 is 1.62 bits per heavy atom. The Balaban J connectivity index is 0.000000917. The summed E-state index contributed by atoms with van der Waals surface area (Å²) in [5.74, 6) is 1.18. The summed E-state index contributed by atoms with van der Waals surface area (Å²) in [6, 6.07) is 8.41. The van der Waals surface area contributed by atoms with Crippen LogP contribution in [0.3, 0.4) is 0 Å². The van der Waals surface area contributed by atoms with Crippen molar-refractivity contribution in [3.63, 3.8) is 0 Å². The van der Waals surface area contributed by atoms with Gasteiger partial charge in [0.05, 0.1) is 6.04 Å². The zero-order chi connectivity index (χ0) is 33.8. The molecule has 2 aliphatic rings. The van der Waals surface area contributed by atoms with Crippen molar-refractivity contribution in [2.75, 3.05) is 24.5 Å². The molecule has 45 heavy (non-hydrogen) atoms. The molecule has 1 saturated heterocycles. The number of benzene rings is 2. The van der Waals surface area contributed by atoms with Crippen LogP contribution in [-0.2, 0) is 11.2 Å². The van der Waals surface area contributed by atoms with Crippen molar-refractivity contribution in [3.8, 4) is 12.3 Å². The third-order valence-corrected chi connectivity index (χ3v) is 9.04. The predicted molar refractivity (Wildman–Crippen MR) is 184 cm³/mol. The number of anilines is 1. The molecule has 0 bridgehead atoms. The number of alkyl halides is 1. The van der Waals surface area contributed by atoms with Gasteiger partial charge in [-0.1, -0.05) is 57.4 Å². The molecule has 1 fully saturated rings. The first-order valence-electron chi connectivity index (χ1n) is 16.9. The summed E-state index contributed by atoms with van der Waals surface area (Å²) >= 11 is 0. The van der Waals surface area contributed by atoms with Crippen LogP contribution in [0.15, 0.2) is 30.3 Å². The topological polar surface area (TPSA) is 23.6 Å². The van der Waals surface area contributed by atoms with E-state index in [4.69, 9.17) is 0 Å². The summed E-state index contributed by atoms with van der Waals surface area (Å²) in [6.07, 6.45) is 14.9. The van der Waals surface area contributed by atoms with Crippen LogP contribution in [0, 0.1) is 36.3 Å². The largest absolute Gasteiger partial charge is 0.371 e. The highest BCUT2D eigenvalue weighted by molar-refractivity contribution is 5.52. The molecular weight excluding hydrogens is 569 g/mol. The molecule has 6 heteroatoms. The van der Waals surface area contributed by atoms with Gasteiger partial charge in [0, 0.05) is 43.3 Å². The Hall–Kier alpha value is -2.78. The number of hydrogen-bond donors (Lipinski definition) is 0. The zero-order valence-corrected chi connectivity index (χ0v) is 29.1. The monoisotopic (exact) mass is 626 g/mol. The van der Waals surface area contributed by atoms with Crippen LogP contribution >= 0.6 is 0 Å². The standard InChI is InChI=1S/C33H47F3N2.C3H6O.C3H4/c1-7-12-33(13-8-2)14-9-16-37(17-15-33)26-20-28(34)30(29(35)21-26)31-27-11-10-23(3)18-25(27)19-24(4)38(31)22-32(5,6)36;1-2-3-4;1-3-2/h10-11,18,20-21,24,31H,7-9,12-17,19,22H2,1-6H3;3H,2H2,1H3;1H,2H3/t24-,31?;;/m1../s1. The van der Waals surface area contributed by atoms with Gasteiger partial charge in [-0.25, -0.2) is 13.2 Å². The predicted octanol–water partition coefficient (Wildman–Crippen LogP) is 10.2. The molecule has 1 unspecified atom stereocenters. The summed E-state index contributed by atoms with van der Waals surface area (Å²) in [5, 5.41) is 0. The SMILES string of the molecule is C#CC.CCC=O.CCCC1(CCC)CCCN(c2cc(F)c(C3c4ccc(C)cc4C[C@@H](C)N3CC(C)(C)F)c(F)c2)CC1. The molecule has 0 spiro atoms. The number of aryl methyl sites for hydroxylation is 1. The number of fused-ring (bicyclic) bond motifs is 1. The molecule has 3 nitrogen and oxygen atoms in total. The molecule has 2 heterocycles. The van der Waals surface area contributed by atoms with Gasteiger partial charge in [0.15, 0.2) is 0 Å². The molecular formula is C39H57F3N2O. The van der Waals surface area contributed by atoms with Crippen molar-refractivity contribution in [1.29, 1.82) is 0 Å². The van der Waals surface area contributed by atoms with E-state index in [0.29, 0.717) is 17.5 Å². The number of terminal acetylenes is 1.